The van der Waals surface area contributed by atoms with Crippen LogP contribution in [0.4, 0.5) is 0 Å². The smallest absolute Gasteiger partial charge is 0.297 e. The van der Waals surface area contributed by atoms with Crippen LogP contribution in [0.1, 0.15) is 32.6 Å². The molecule has 0 aromatic carbocycles. The number of hydrogen-bond donors (Lipinski definition) is 0. The molecule has 0 aliphatic heterocycles. The molecular weight excluding hydrogens is 150 g/mol. The van der Waals surface area contributed by atoms with Gasteiger partial charge in [-0.3, -0.25) is 4.79 Å². The summed E-state index contributed by atoms with van der Waals surface area (Å²) in [4.78, 5) is 12.4. The summed E-state index contributed by atoms with van der Waals surface area (Å²) < 4.78 is 0. The second kappa shape index (κ2) is 6.72. The largest absolute Gasteiger partial charge is 0.338 e. The fraction of sp³-hybridized carbons (Fsp3) is 0.700. The molecule has 0 aromatic heterocycles. The summed E-state index contributed by atoms with van der Waals surface area (Å²) in [5, 5.41) is 0. The number of unbranched alkanes of at least 4 members (excludes halogenated alkanes) is 3. The molecule has 0 radical (unpaired) electrons. The van der Waals surface area contributed by atoms with Crippen molar-refractivity contribution in [2.45, 2.75) is 32.6 Å². The van der Waals surface area contributed by atoms with Gasteiger partial charge < -0.3 is 4.90 Å². The Balaban J connectivity index is 3.52. The van der Waals surface area contributed by atoms with Crippen molar-refractivity contribution >= 4 is 5.91 Å². The lowest BCUT2D eigenvalue weighted by atomic mass is 10.2. The normalized spacial score (nSPS) is 8.58. The summed E-state index contributed by atoms with van der Waals surface area (Å²) >= 11 is 0. The van der Waals surface area contributed by atoms with E-state index < -0.39 is 0 Å². The lowest BCUT2D eigenvalue weighted by Gasteiger charge is -2.02. The lowest BCUT2D eigenvalue weighted by Crippen LogP contribution is -2.19. The Labute approximate surface area is 74.9 Å². The van der Waals surface area contributed by atoms with Crippen molar-refractivity contribution < 1.29 is 4.79 Å². The second-order valence-corrected chi connectivity index (χ2v) is 2.96. The summed E-state index contributed by atoms with van der Waals surface area (Å²) in [6, 6.07) is 0. The molecule has 0 saturated heterocycles. The molecule has 2 heteroatoms. The Morgan fingerprint density at radius 1 is 1.33 bits per heavy atom. The fourth-order valence-electron chi connectivity index (χ4n) is 0.713. The summed E-state index contributed by atoms with van der Waals surface area (Å²) in [7, 11) is 3.42. The van der Waals surface area contributed by atoms with Crippen molar-refractivity contribution in [2.75, 3.05) is 14.1 Å². The summed E-state index contributed by atoms with van der Waals surface area (Å²) in [5.74, 6) is 5.33. The molecule has 0 aliphatic rings. The highest BCUT2D eigenvalue weighted by Gasteiger charge is 1.94. The van der Waals surface area contributed by atoms with Crippen molar-refractivity contribution in [3.63, 3.8) is 0 Å². The maximum atomic E-state index is 10.9. The summed E-state index contributed by atoms with van der Waals surface area (Å²) in [6.07, 6.45) is 4.34. The first-order valence-electron chi connectivity index (χ1n) is 4.38. The number of rotatable bonds is 3. The van der Waals surface area contributed by atoms with Crippen LogP contribution in [0.2, 0.25) is 0 Å². The molecule has 0 fully saturated rings. The first kappa shape index (κ1) is 11.0. The molecule has 0 N–H and O–H groups in total. The van der Waals surface area contributed by atoms with Crippen molar-refractivity contribution in [3.8, 4) is 11.8 Å². The Kier molecular flexibility index (Phi) is 6.18. The minimum absolute atomic E-state index is 0.105. The summed E-state index contributed by atoms with van der Waals surface area (Å²) in [6.45, 7) is 2.15. The summed E-state index contributed by atoms with van der Waals surface area (Å²) in [5.41, 5.74) is 0. The highest BCUT2D eigenvalue weighted by Crippen LogP contribution is 1.96. The number of carbonyl (C=O) groups is 1. The number of hydrogen-bond acceptors (Lipinski definition) is 1. The lowest BCUT2D eigenvalue weighted by molar-refractivity contribution is -0.122. The predicted octanol–water partition coefficient (Wildman–Crippen LogP) is 1.66. The zero-order valence-electron chi connectivity index (χ0n) is 8.18. The van der Waals surface area contributed by atoms with Gasteiger partial charge in [0.15, 0.2) is 0 Å². The van der Waals surface area contributed by atoms with E-state index >= 15 is 0 Å². The highest BCUT2D eigenvalue weighted by atomic mass is 16.2. The third-order valence-corrected chi connectivity index (χ3v) is 1.51. The zero-order valence-corrected chi connectivity index (χ0v) is 8.18. The monoisotopic (exact) mass is 167 g/mol. The number of carbonyl (C=O) groups excluding carboxylic acids is 1. The van der Waals surface area contributed by atoms with Crippen LogP contribution in [0.15, 0.2) is 0 Å². The SMILES string of the molecule is CCCCCC#CC(=O)N(C)C. The van der Waals surface area contributed by atoms with Gasteiger partial charge in [-0.25, -0.2) is 0 Å². The maximum absolute atomic E-state index is 10.9. The molecule has 2 nitrogen and oxygen atoms in total. The molecule has 1 amide bonds. The van der Waals surface area contributed by atoms with Crippen molar-refractivity contribution in [1.29, 1.82) is 0 Å². The molecule has 0 unspecified atom stereocenters. The number of amides is 1. The van der Waals surface area contributed by atoms with Gasteiger partial charge in [-0.05, 0) is 12.3 Å². The second-order valence-electron chi connectivity index (χ2n) is 2.96. The predicted molar refractivity (Wildman–Crippen MR) is 50.6 cm³/mol. The van der Waals surface area contributed by atoms with E-state index in [1.807, 2.05) is 0 Å². The van der Waals surface area contributed by atoms with Crippen LogP contribution in [0.3, 0.4) is 0 Å². The van der Waals surface area contributed by atoms with Crippen LogP contribution in [0.5, 0.6) is 0 Å². The van der Waals surface area contributed by atoms with E-state index in [1.54, 1.807) is 14.1 Å². The number of nitrogens with zero attached hydrogens (tertiary/aromatic N) is 1. The van der Waals surface area contributed by atoms with Gasteiger partial charge in [-0.15, -0.1) is 0 Å². The molecule has 0 atom stereocenters. The van der Waals surface area contributed by atoms with E-state index in [-0.39, 0.29) is 5.91 Å². The molecule has 0 aromatic rings. The minimum atomic E-state index is -0.105. The molecule has 68 valence electrons. The van der Waals surface area contributed by atoms with Gasteiger partial charge in [-0.1, -0.05) is 25.7 Å². The Morgan fingerprint density at radius 3 is 2.50 bits per heavy atom. The molecule has 0 spiro atoms. The van der Waals surface area contributed by atoms with Gasteiger partial charge in [0, 0.05) is 20.5 Å². The van der Waals surface area contributed by atoms with E-state index in [2.05, 4.69) is 18.8 Å². The van der Waals surface area contributed by atoms with Crippen LogP contribution < -0.4 is 0 Å². The van der Waals surface area contributed by atoms with Gasteiger partial charge in [0.2, 0.25) is 0 Å². The Bertz CT molecular complexity index is 186. The van der Waals surface area contributed by atoms with Gasteiger partial charge in [0.05, 0.1) is 0 Å². The van der Waals surface area contributed by atoms with E-state index in [0.717, 1.165) is 12.8 Å². The van der Waals surface area contributed by atoms with Crippen LogP contribution in [0, 0.1) is 11.8 Å². The van der Waals surface area contributed by atoms with E-state index in [4.69, 9.17) is 0 Å². The van der Waals surface area contributed by atoms with Crippen LogP contribution >= 0.6 is 0 Å². The van der Waals surface area contributed by atoms with Gasteiger partial charge in [0.1, 0.15) is 0 Å². The first-order valence-corrected chi connectivity index (χ1v) is 4.38. The van der Waals surface area contributed by atoms with E-state index in [1.165, 1.54) is 17.7 Å². The quantitative estimate of drug-likeness (QED) is 0.462. The Morgan fingerprint density at radius 2 is 2.00 bits per heavy atom. The molecule has 0 saturated carbocycles. The van der Waals surface area contributed by atoms with E-state index in [0.29, 0.717) is 0 Å². The topological polar surface area (TPSA) is 20.3 Å². The molecular formula is C10H17NO. The van der Waals surface area contributed by atoms with Gasteiger partial charge in [0.25, 0.3) is 5.91 Å². The fourth-order valence-corrected chi connectivity index (χ4v) is 0.713. The first-order chi connectivity index (χ1) is 5.68. The third-order valence-electron chi connectivity index (χ3n) is 1.51. The molecule has 0 bridgehead atoms. The Hall–Kier alpha value is -0.970. The van der Waals surface area contributed by atoms with Gasteiger partial charge >= 0.3 is 0 Å². The van der Waals surface area contributed by atoms with Crippen molar-refractivity contribution in [3.05, 3.63) is 0 Å². The molecule has 0 heterocycles. The standard InChI is InChI=1S/C10H17NO/c1-4-5-6-7-8-9-10(12)11(2)3/h4-7H2,1-3H3. The van der Waals surface area contributed by atoms with Crippen LogP contribution in [0.25, 0.3) is 0 Å². The molecule has 0 aliphatic carbocycles. The molecule has 12 heavy (non-hydrogen) atoms. The molecule has 0 rings (SSSR count). The maximum Gasteiger partial charge on any atom is 0.297 e. The average molecular weight is 167 g/mol. The van der Waals surface area contributed by atoms with Crippen LogP contribution in [-0.4, -0.2) is 24.9 Å². The minimum Gasteiger partial charge on any atom is -0.338 e. The third kappa shape index (κ3) is 5.79. The van der Waals surface area contributed by atoms with Crippen molar-refractivity contribution in [2.24, 2.45) is 0 Å². The zero-order chi connectivity index (χ0) is 9.40. The highest BCUT2D eigenvalue weighted by molar-refractivity contribution is 5.93. The van der Waals surface area contributed by atoms with Crippen molar-refractivity contribution in [1.82, 2.24) is 4.90 Å². The van der Waals surface area contributed by atoms with E-state index in [9.17, 15) is 4.79 Å². The van der Waals surface area contributed by atoms with Crippen LogP contribution in [-0.2, 0) is 4.79 Å². The van der Waals surface area contributed by atoms with Gasteiger partial charge in [-0.2, -0.15) is 0 Å². The average Bonchev–Trinajstić information content (AvgIpc) is 2.03.